The highest BCUT2D eigenvalue weighted by Crippen LogP contribution is 2.08. The highest BCUT2D eigenvalue weighted by molar-refractivity contribution is 7.07. The molecule has 2 nitrogen and oxygen atoms in total. The van der Waals surface area contributed by atoms with Crippen molar-refractivity contribution in [1.29, 1.82) is 0 Å². The molecule has 0 fully saturated rings. The number of thiophene rings is 1. The van der Waals surface area contributed by atoms with E-state index in [9.17, 15) is 9.18 Å². The zero-order chi connectivity index (χ0) is 13.5. The summed E-state index contributed by atoms with van der Waals surface area (Å²) < 4.78 is 13.3. The van der Waals surface area contributed by atoms with Gasteiger partial charge in [0.05, 0.1) is 0 Å². The molecule has 0 unspecified atom stereocenters. The normalized spacial score (nSPS) is 10.8. The number of halogens is 1. The van der Waals surface area contributed by atoms with Crippen LogP contribution >= 0.6 is 11.3 Å². The van der Waals surface area contributed by atoms with E-state index in [4.69, 9.17) is 0 Å². The minimum atomic E-state index is -0.329. The lowest BCUT2D eigenvalue weighted by Crippen LogP contribution is -2.23. The summed E-state index contributed by atoms with van der Waals surface area (Å²) >= 11 is 1.64. The van der Waals surface area contributed by atoms with E-state index in [1.165, 1.54) is 23.8 Å². The molecule has 0 atom stereocenters. The van der Waals surface area contributed by atoms with Gasteiger partial charge in [-0.15, -0.1) is 0 Å². The number of hydrogen-bond acceptors (Lipinski definition) is 2. The van der Waals surface area contributed by atoms with Crippen LogP contribution in [0, 0.1) is 5.82 Å². The van der Waals surface area contributed by atoms with Crippen molar-refractivity contribution >= 4 is 23.3 Å². The zero-order valence-electron chi connectivity index (χ0n) is 10.3. The molecule has 4 heteroatoms. The van der Waals surface area contributed by atoms with Gasteiger partial charge in [-0.3, -0.25) is 4.79 Å². The van der Waals surface area contributed by atoms with Crippen molar-refractivity contribution < 1.29 is 9.18 Å². The van der Waals surface area contributed by atoms with Crippen LogP contribution in [-0.2, 0) is 11.2 Å². The summed E-state index contributed by atoms with van der Waals surface area (Å²) in [6.07, 6.45) is 3.64. The minimum Gasteiger partial charge on any atom is -0.352 e. The highest BCUT2D eigenvalue weighted by Gasteiger charge is 1.99. The Hall–Kier alpha value is -1.94. The summed E-state index contributed by atoms with van der Waals surface area (Å²) in [5.74, 6) is -0.539. The molecule has 0 aliphatic carbocycles. The monoisotopic (exact) mass is 275 g/mol. The molecule has 19 heavy (non-hydrogen) atoms. The third-order valence-electron chi connectivity index (χ3n) is 2.61. The van der Waals surface area contributed by atoms with Gasteiger partial charge in [0.1, 0.15) is 5.82 Å². The van der Waals surface area contributed by atoms with Crippen molar-refractivity contribution in [3.63, 3.8) is 0 Å². The summed E-state index contributed by atoms with van der Waals surface area (Å²) in [5, 5.41) is 6.83. The van der Waals surface area contributed by atoms with Gasteiger partial charge in [-0.1, -0.05) is 18.2 Å². The summed E-state index contributed by atoms with van der Waals surface area (Å²) in [4.78, 5) is 11.5. The first-order valence-electron chi connectivity index (χ1n) is 5.97. The molecule has 0 saturated heterocycles. The Labute approximate surface area is 115 Å². The lowest BCUT2D eigenvalue weighted by atomic mass is 10.2. The van der Waals surface area contributed by atoms with Gasteiger partial charge in [0.15, 0.2) is 0 Å². The quantitative estimate of drug-likeness (QED) is 0.834. The van der Waals surface area contributed by atoms with E-state index in [1.54, 1.807) is 29.5 Å². The van der Waals surface area contributed by atoms with E-state index in [-0.39, 0.29) is 11.7 Å². The Morgan fingerprint density at radius 3 is 2.89 bits per heavy atom. The molecule has 2 rings (SSSR count). The Kier molecular flexibility index (Phi) is 4.86. The van der Waals surface area contributed by atoms with Gasteiger partial charge in [-0.05, 0) is 41.0 Å². The molecule has 98 valence electrons. The van der Waals surface area contributed by atoms with Crippen LogP contribution in [-0.4, -0.2) is 12.5 Å². The molecule has 2 aromatic rings. The van der Waals surface area contributed by atoms with Crippen molar-refractivity contribution in [3.8, 4) is 0 Å². The molecule has 0 bridgehead atoms. The van der Waals surface area contributed by atoms with E-state index >= 15 is 0 Å². The smallest absolute Gasteiger partial charge is 0.244 e. The predicted octanol–water partition coefficient (Wildman–Crippen LogP) is 3.26. The maximum atomic E-state index is 13.3. The molecule has 0 spiro atoms. The molecule has 1 N–H and O–H groups in total. The van der Waals surface area contributed by atoms with E-state index in [1.807, 2.05) is 11.4 Å². The first kappa shape index (κ1) is 13.5. The van der Waals surface area contributed by atoms with Gasteiger partial charge < -0.3 is 5.32 Å². The van der Waals surface area contributed by atoms with Crippen LogP contribution < -0.4 is 5.32 Å². The highest BCUT2D eigenvalue weighted by atomic mass is 32.1. The Morgan fingerprint density at radius 2 is 2.16 bits per heavy atom. The maximum Gasteiger partial charge on any atom is 0.244 e. The standard InChI is InChI=1S/C15H14FNOS/c16-14-4-2-1-3-13(14)5-6-15(18)17-9-7-12-8-10-19-11-12/h1-6,8,10-11H,7,9H2,(H,17,18)/b6-5+. The maximum absolute atomic E-state index is 13.3. The molecule has 0 radical (unpaired) electrons. The fourth-order valence-corrected chi connectivity index (χ4v) is 2.30. The molecule has 0 aliphatic rings. The Morgan fingerprint density at radius 1 is 1.32 bits per heavy atom. The molecule has 0 aliphatic heterocycles. The molecule has 0 saturated carbocycles. The predicted molar refractivity (Wildman–Crippen MR) is 76.5 cm³/mol. The topological polar surface area (TPSA) is 29.1 Å². The second-order valence-corrected chi connectivity index (χ2v) is 4.81. The molecular weight excluding hydrogens is 261 g/mol. The van der Waals surface area contributed by atoms with E-state index < -0.39 is 0 Å². The number of carbonyl (C=O) groups is 1. The van der Waals surface area contributed by atoms with Crippen molar-refractivity contribution in [1.82, 2.24) is 5.32 Å². The third-order valence-corrected chi connectivity index (χ3v) is 3.34. The number of carbonyl (C=O) groups excluding carboxylic acids is 1. The van der Waals surface area contributed by atoms with E-state index in [0.717, 1.165) is 6.42 Å². The van der Waals surface area contributed by atoms with Gasteiger partial charge in [0.2, 0.25) is 5.91 Å². The van der Waals surface area contributed by atoms with Crippen LogP contribution in [0.5, 0.6) is 0 Å². The van der Waals surface area contributed by atoms with Crippen LogP contribution in [0.3, 0.4) is 0 Å². The molecular formula is C15H14FNOS. The number of amides is 1. The zero-order valence-corrected chi connectivity index (χ0v) is 11.1. The van der Waals surface area contributed by atoms with Crippen molar-refractivity contribution in [2.75, 3.05) is 6.54 Å². The van der Waals surface area contributed by atoms with Crippen molar-refractivity contribution in [3.05, 3.63) is 64.1 Å². The minimum absolute atomic E-state index is 0.210. The number of rotatable bonds is 5. The first-order valence-corrected chi connectivity index (χ1v) is 6.91. The largest absolute Gasteiger partial charge is 0.352 e. The van der Waals surface area contributed by atoms with Gasteiger partial charge in [0.25, 0.3) is 0 Å². The average molecular weight is 275 g/mol. The van der Waals surface area contributed by atoms with Crippen LogP contribution in [0.4, 0.5) is 4.39 Å². The van der Waals surface area contributed by atoms with E-state index in [2.05, 4.69) is 10.7 Å². The SMILES string of the molecule is O=C(/C=C/c1ccccc1F)NCCc1ccsc1. The van der Waals surface area contributed by atoms with Crippen molar-refractivity contribution in [2.45, 2.75) is 6.42 Å². The molecule has 1 heterocycles. The first-order chi connectivity index (χ1) is 9.25. The Balaban J connectivity index is 1.79. The summed E-state index contributed by atoms with van der Waals surface area (Å²) in [6.45, 7) is 0.581. The van der Waals surface area contributed by atoms with Crippen molar-refractivity contribution in [2.24, 2.45) is 0 Å². The summed E-state index contributed by atoms with van der Waals surface area (Å²) in [5.41, 5.74) is 1.62. The third kappa shape index (κ3) is 4.34. The fraction of sp³-hybridized carbons (Fsp3) is 0.133. The van der Waals surface area contributed by atoms with Gasteiger partial charge in [0, 0.05) is 18.2 Å². The van der Waals surface area contributed by atoms with Gasteiger partial charge in [-0.25, -0.2) is 4.39 Å². The Bertz CT molecular complexity index is 563. The van der Waals surface area contributed by atoms with Gasteiger partial charge in [-0.2, -0.15) is 11.3 Å². The average Bonchev–Trinajstić information content (AvgIpc) is 2.91. The fourth-order valence-electron chi connectivity index (χ4n) is 1.60. The molecule has 1 aromatic heterocycles. The number of nitrogens with one attached hydrogen (secondary N) is 1. The second kappa shape index (κ2) is 6.85. The second-order valence-electron chi connectivity index (χ2n) is 4.03. The van der Waals surface area contributed by atoms with Crippen LogP contribution in [0.1, 0.15) is 11.1 Å². The van der Waals surface area contributed by atoms with Crippen LogP contribution in [0.15, 0.2) is 47.2 Å². The summed E-state index contributed by atoms with van der Waals surface area (Å²) in [6, 6.07) is 8.38. The molecule has 1 aromatic carbocycles. The summed E-state index contributed by atoms with van der Waals surface area (Å²) in [7, 11) is 0. The van der Waals surface area contributed by atoms with E-state index in [0.29, 0.717) is 12.1 Å². The van der Waals surface area contributed by atoms with Crippen LogP contribution in [0.2, 0.25) is 0 Å². The van der Waals surface area contributed by atoms with Gasteiger partial charge >= 0.3 is 0 Å². The molecule has 1 amide bonds. The number of hydrogen-bond donors (Lipinski definition) is 1. The lowest BCUT2D eigenvalue weighted by Gasteiger charge is -2.00. The number of benzene rings is 1. The van der Waals surface area contributed by atoms with Crippen LogP contribution in [0.25, 0.3) is 6.08 Å². The lowest BCUT2D eigenvalue weighted by molar-refractivity contribution is -0.116.